The smallest absolute Gasteiger partial charge is 0.369 e. The third-order valence-electron chi connectivity index (χ3n) is 0. The van der Waals surface area contributed by atoms with E-state index in [1.54, 1.807) is 0 Å². The summed E-state index contributed by atoms with van der Waals surface area (Å²) >= 11 is 0.757. The molecule has 0 saturated heterocycles. The normalized spacial score (nSPS) is 3.67. The monoisotopic (exact) mass is 187 g/mol. The summed E-state index contributed by atoms with van der Waals surface area (Å²) in [5, 5.41) is 0. The summed E-state index contributed by atoms with van der Waals surface area (Å²) in [7, 11) is 9.34. The molecule has 0 unspecified atom stereocenters. The molecule has 0 aliphatic carbocycles. The molecule has 0 aromatic carbocycles. The van der Waals surface area contributed by atoms with Gasteiger partial charge in [0.15, 0.2) is 0 Å². The first-order chi connectivity index (χ1) is 1.41. The Hall–Kier alpha value is 0.979. The summed E-state index contributed by atoms with van der Waals surface area (Å²) in [6.07, 6.45) is 0. The Morgan fingerprint density at radius 3 is 1.00 bits per heavy atom. The molecule has 0 aromatic heterocycles. The van der Waals surface area contributed by atoms with Crippen molar-refractivity contribution in [2.75, 3.05) is 0 Å². The first kappa shape index (κ1) is 28.1. The summed E-state index contributed by atoms with van der Waals surface area (Å²) in [6, 6.07) is 0. The zero-order valence-corrected chi connectivity index (χ0v) is 5.51. The molecule has 6 heteroatoms. The average molecular weight is 189 g/mol. The Morgan fingerprint density at radius 2 is 1.00 bits per heavy atom. The molecule has 0 atom stereocenters. The van der Waals surface area contributed by atoms with Crippen molar-refractivity contribution in [1.29, 1.82) is 0 Å². The van der Waals surface area contributed by atoms with E-state index in [1.807, 2.05) is 0 Å². The van der Waals surface area contributed by atoms with E-state index in [4.69, 9.17) is 0 Å². The Bertz CT molecular complexity index is 11.5. The average Bonchev–Trinajstić information content (AvgIpc) is 0.918. The number of hydrogen-bond donors (Lipinski definition) is 1. The van der Waals surface area contributed by atoms with Crippen LogP contribution in [0.4, 0.5) is 0 Å². The predicted octanol–water partition coefficient (Wildman–Crippen LogP) is 0.103. The van der Waals surface area contributed by atoms with Gasteiger partial charge in [-0.2, -0.15) is 0 Å². The number of hydrogen-bond acceptors (Lipinski definition) is 0. The first-order valence-corrected chi connectivity index (χ1v) is 2.82. The van der Waals surface area contributed by atoms with Crippen molar-refractivity contribution in [3.8, 4) is 0 Å². The quantitative estimate of drug-likeness (QED) is 0.522. The number of rotatable bonds is 0. The molecule has 0 radical (unpaired) electrons. The number of quaternary nitrogens is 1. The molecule has 0 amide bonds. The van der Waals surface area contributed by atoms with E-state index < -0.39 is 0 Å². The molecule has 49 valence electrons. The van der Waals surface area contributed by atoms with Gasteiger partial charge in [0.2, 0.25) is 0 Å². The van der Waals surface area contributed by atoms with Gasteiger partial charge in [-0.05, 0) is 0 Å². The second-order valence-corrected chi connectivity index (χ2v) is 1.60. The van der Waals surface area contributed by atoms with E-state index in [1.165, 1.54) is 0 Å². The van der Waals surface area contributed by atoms with Gasteiger partial charge in [-0.1, -0.05) is 0 Å². The molecule has 0 aliphatic heterocycles. The van der Waals surface area contributed by atoms with Crippen molar-refractivity contribution in [2.45, 2.75) is 0 Å². The summed E-state index contributed by atoms with van der Waals surface area (Å²) in [5.74, 6) is 0. The van der Waals surface area contributed by atoms with Gasteiger partial charge in [0.1, 0.15) is 0 Å². The van der Waals surface area contributed by atoms with E-state index in [0.29, 0.717) is 0 Å². The van der Waals surface area contributed by atoms with Crippen LogP contribution in [-0.4, -0.2) is 11.0 Å². The van der Waals surface area contributed by atoms with Gasteiger partial charge in [0.05, 0.1) is 0 Å². The van der Waals surface area contributed by atoms with Crippen LogP contribution in [0.2, 0.25) is 0 Å². The van der Waals surface area contributed by atoms with Gasteiger partial charge in [0, 0.05) is 0 Å². The third-order valence-corrected chi connectivity index (χ3v) is 0. The van der Waals surface area contributed by atoms with Gasteiger partial charge in [-0.15, -0.1) is 0 Å². The van der Waals surface area contributed by atoms with Crippen LogP contribution in [0.25, 0.3) is 0 Å². The Labute approximate surface area is 50.8 Å². The maximum Gasteiger partial charge on any atom is -0.369 e. The van der Waals surface area contributed by atoms with Crippen molar-refractivity contribution in [1.82, 2.24) is 6.15 Å². The van der Waals surface area contributed by atoms with Gasteiger partial charge in [-0.25, -0.2) is 0 Å². The molecule has 0 heterocycles. The molecular formula is H8Cl2CuNO2+. The summed E-state index contributed by atoms with van der Waals surface area (Å²) in [5.41, 5.74) is 0. The second-order valence-electron chi connectivity index (χ2n) is 0.0431. The van der Waals surface area contributed by atoms with E-state index in [-0.39, 0.29) is 17.1 Å². The minimum absolute atomic E-state index is 0. The molecule has 0 bridgehead atoms. The molecule has 0 rings (SSSR count). The minimum Gasteiger partial charge on any atom is -0.369 e. The molecule has 0 fully saturated rings. The molecule has 0 spiro atoms. The summed E-state index contributed by atoms with van der Waals surface area (Å²) < 4.78 is 0. The van der Waals surface area contributed by atoms with E-state index >= 15 is 0 Å². The largest absolute Gasteiger partial charge is 0.369 e. The van der Waals surface area contributed by atoms with Crippen LogP contribution in [0.5, 0.6) is 0 Å². The van der Waals surface area contributed by atoms with Gasteiger partial charge >= 0.3 is 33.3 Å². The maximum absolute atomic E-state index is 4.67. The van der Waals surface area contributed by atoms with Crippen LogP contribution >= 0.6 is 20.2 Å². The number of halogens is 2. The molecule has 0 aromatic rings. The summed E-state index contributed by atoms with van der Waals surface area (Å²) in [4.78, 5) is 0. The fraction of sp³-hybridized carbons (Fsp3) is 0. The summed E-state index contributed by atoms with van der Waals surface area (Å²) in [6.45, 7) is 0. The topological polar surface area (TPSA) is 99.5 Å². The molecule has 6 heavy (non-hydrogen) atoms. The van der Waals surface area contributed by atoms with Gasteiger partial charge in [-0.3, -0.25) is 0 Å². The predicted molar refractivity (Wildman–Crippen MR) is 24.9 cm³/mol. The van der Waals surface area contributed by atoms with Crippen LogP contribution in [0, 0.1) is 0 Å². The fourth-order valence-corrected chi connectivity index (χ4v) is 0. The minimum atomic E-state index is 0. The fourth-order valence-electron chi connectivity index (χ4n) is 0. The van der Waals surface area contributed by atoms with Crippen molar-refractivity contribution < 1.29 is 24.1 Å². The van der Waals surface area contributed by atoms with Crippen molar-refractivity contribution in [3.63, 3.8) is 0 Å². The molecule has 8 N–H and O–H groups in total. The molecule has 0 saturated carbocycles. The Morgan fingerprint density at radius 1 is 1.00 bits per heavy atom. The molecular weight excluding hydrogens is 180 g/mol. The maximum atomic E-state index is 4.67. The van der Waals surface area contributed by atoms with Crippen molar-refractivity contribution in [3.05, 3.63) is 0 Å². The molecule has 3 nitrogen and oxygen atoms in total. The van der Waals surface area contributed by atoms with E-state index in [9.17, 15) is 0 Å². The third kappa shape index (κ3) is 82.2. The van der Waals surface area contributed by atoms with Crippen LogP contribution in [0.3, 0.4) is 0 Å². The van der Waals surface area contributed by atoms with Gasteiger partial charge < -0.3 is 17.1 Å². The van der Waals surface area contributed by atoms with Crippen LogP contribution < -0.4 is 6.15 Å². The van der Waals surface area contributed by atoms with E-state index in [0.717, 1.165) is 13.1 Å². The van der Waals surface area contributed by atoms with Gasteiger partial charge in [0.25, 0.3) is 0 Å². The zero-order valence-electron chi connectivity index (χ0n) is 3.06. The Kier molecular flexibility index (Phi) is 177. The first-order valence-electron chi connectivity index (χ1n) is 0.228. The van der Waals surface area contributed by atoms with Crippen LogP contribution in [0.1, 0.15) is 0 Å². The van der Waals surface area contributed by atoms with Crippen LogP contribution in [-0.2, 0) is 13.1 Å². The van der Waals surface area contributed by atoms with Crippen molar-refractivity contribution >= 4 is 20.2 Å². The van der Waals surface area contributed by atoms with E-state index in [2.05, 4.69) is 20.2 Å². The van der Waals surface area contributed by atoms with Crippen molar-refractivity contribution in [2.24, 2.45) is 0 Å². The zero-order chi connectivity index (χ0) is 2.71. The molecule has 0 aliphatic rings. The Balaban J connectivity index is -0.00000000667. The van der Waals surface area contributed by atoms with Crippen LogP contribution in [0.15, 0.2) is 0 Å². The SMILES string of the molecule is O.O.[Cl][Cu][Cl].[NH4+]. The standard InChI is InChI=1S/2ClH.Cu.H3N.2H2O/h2*1H;;1H3;2*1H2/q;;+2;;;/p-1. The second kappa shape index (κ2) is 37.8.